The summed E-state index contributed by atoms with van der Waals surface area (Å²) < 4.78 is 5.77. The normalized spacial score (nSPS) is 17.4. The highest BCUT2D eigenvalue weighted by Gasteiger charge is 2.23. The first-order chi connectivity index (χ1) is 12.4. The van der Waals surface area contributed by atoms with E-state index in [1.807, 2.05) is 4.90 Å². The van der Waals surface area contributed by atoms with Crippen LogP contribution < -0.4 is 10.1 Å². The maximum absolute atomic E-state index is 11.9. The van der Waals surface area contributed by atoms with Gasteiger partial charge < -0.3 is 15.0 Å². The minimum Gasteiger partial charge on any atom is -0.493 e. The van der Waals surface area contributed by atoms with Crippen molar-refractivity contribution in [2.24, 2.45) is 5.92 Å². The molecule has 146 valence electrons. The Morgan fingerprint density at radius 2 is 1.96 bits per heavy atom. The van der Waals surface area contributed by atoms with Gasteiger partial charge in [-0.2, -0.15) is 0 Å². The standard InChI is InChI=1S/C22H36N2O2/c1-5-22(4,23-13-15-24-14-7-6-8-21(24)25)16-19-9-11-20(12-10-19)26-17-18(2)3/h9-12,18,23H,5-8,13-17H2,1-4H3. The molecule has 1 aromatic carbocycles. The van der Waals surface area contributed by atoms with Crippen LogP contribution in [0.15, 0.2) is 24.3 Å². The van der Waals surface area contributed by atoms with E-state index in [9.17, 15) is 4.79 Å². The van der Waals surface area contributed by atoms with E-state index < -0.39 is 0 Å². The second-order valence-electron chi connectivity index (χ2n) is 8.20. The molecule has 1 amide bonds. The molecular formula is C22H36N2O2. The van der Waals surface area contributed by atoms with Crippen molar-refractivity contribution < 1.29 is 9.53 Å². The van der Waals surface area contributed by atoms with E-state index in [2.05, 4.69) is 57.3 Å². The molecule has 1 aliphatic heterocycles. The van der Waals surface area contributed by atoms with Gasteiger partial charge in [-0.15, -0.1) is 0 Å². The summed E-state index contributed by atoms with van der Waals surface area (Å²) in [4.78, 5) is 13.9. The molecule has 0 spiro atoms. The minimum atomic E-state index is 0.0408. The maximum atomic E-state index is 11.9. The SMILES string of the molecule is CCC(C)(Cc1ccc(OCC(C)C)cc1)NCCN1CCCCC1=O. The summed E-state index contributed by atoms with van der Waals surface area (Å²) in [5.74, 6) is 1.79. The lowest BCUT2D eigenvalue weighted by Crippen LogP contribution is -2.48. The fourth-order valence-electron chi connectivity index (χ4n) is 3.32. The number of rotatable bonds is 10. The average Bonchev–Trinajstić information content (AvgIpc) is 2.63. The van der Waals surface area contributed by atoms with Crippen molar-refractivity contribution in [3.63, 3.8) is 0 Å². The van der Waals surface area contributed by atoms with E-state index in [1.54, 1.807) is 0 Å². The van der Waals surface area contributed by atoms with E-state index in [-0.39, 0.29) is 5.54 Å². The molecule has 26 heavy (non-hydrogen) atoms. The number of carbonyl (C=O) groups excluding carboxylic acids is 1. The molecule has 0 aliphatic carbocycles. The van der Waals surface area contributed by atoms with Crippen LogP contribution >= 0.6 is 0 Å². The molecule has 1 saturated heterocycles. The zero-order chi connectivity index (χ0) is 19.0. The van der Waals surface area contributed by atoms with E-state index in [0.717, 1.165) is 64.1 Å². The van der Waals surface area contributed by atoms with Gasteiger partial charge in [-0.1, -0.05) is 32.9 Å². The number of amides is 1. The van der Waals surface area contributed by atoms with Crippen molar-refractivity contribution in [2.75, 3.05) is 26.2 Å². The lowest BCUT2D eigenvalue weighted by Gasteiger charge is -2.33. The van der Waals surface area contributed by atoms with Crippen molar-refractivity contribution in [3.05, 3.63) is 29.8 Å². The van der Waals surface area contributed by atoms with E-state index in [0.29, 0.717) is 11.8 Å². The first-order valence-corrected chi connectivity index (χ1v) is 10.2. The summed E-state index contributed by atoms with van der Waals surface area (Å²) in [6.45, 7) is 12.1. The van der Waals surface area contributed by atoms with E-state index in [4.69, 9.17) is 4.74 Å². The quantitative estimate of drug-likeness (QED) is 0.685. The third-order valence-electron chi connectivity index (χ3n) is 5.24. The smallest absolute Gasteiger partial charge is 0.222 e. The van der Waals surface area contributed by atoms with Gasteiger partial charge in [0.15, 0.2) is 0 Å². The Bertz CT molecular complexity index is 556. The Labute approximate surface area is 159 Å². The Morgan fingerprint density at radius 3 is 2.58 bits per heavy atom. The highest BCUT2D eigenvalue weighted by atomic mass is 16.5. The van der Waals surface area contributed by atoms with Gasteiger partial charge in [0.05, 0.1) is 6.61 Å². The molecule has 0 aromatic heterocycles. The molecule has 1 aliphatic rings. The van der Waals surface area contributed by atoms with Gasteiger partial charge in [0.25, 0.3) is 0 Å². The molecule has 1 N–H and O–H groups in total. The molecule has 4 heteroatoms. The second-order valence-corrected chi connectivity index (χ2v) is 8.20. The van der Waals surface area contributed by atoms with E-state index in [1.165, 1.54) is 5.56 Å². The minimum absolute atomic E-state index is 0.0408. The number of nitrogens with zero attached hydrogens (tertiary/aromatic N) is 1. The van der Waals surface area contributed by atoms with Gasteiger partial charge in [-0.25, -0.2) is 0 Å². The van der Waals surface area contributed by atoms with Crippen LogP contribution in [0.25, 0.3) is 0 Å². The van der Waals surface area contributed by atoms with Gasteiger partial charge in [0.2, 0.25) is 5.91 Å². The number of ether oxygens (including phenoxy) is 1. The number of hydrogen-bond acceptors (Lipinski definition) is 3. The third kappa shape index (κ3) is 6.64. The second kappa shape index (κ2) is 9.96. The molecule has 0 radical (unpaired) electrons. The monoisotopic (exact) mass is 360 g/mol. The summed E-state index contributed by atoms with van der Waals surface area (Å²) in [6.07, 6.45) is 4.93. The van der Waals surface area contributed by atoms with Crippen molar-refractivity contribution in [2.45, 2.75) is 65.3 Å². The van der Waals surface area contributed by atoms with Crippen LogP contribution in [0.4, 0.5) is 0 Å². The number of benzene rings is 1. The Hall–Kier alpha value is -1.55. The lowest BCUT2D eigenvalue weighted by atomic mass is 9.90. The molecule has 1 heterocycles. The van der Waals surface area contributed by atoms with Gasteiger partial charge in [-0.3, -0.25) is 4.79 Å². The van der Waals surface area contributed by atoms with Crippen molar-refractivity contribution in [1.82, 2.24) is 10.2 Å². The zero-order valence-corrected chi connectivity index (χ0v) is 17.0. The molecule has 4 nitrogen and oxygen atoms in total. The number of hydrogen-bond donors (Lipinski definition) is 1. The van der Waals surface area contributed by atoms with Crippen molar-refractivity contribution >= 4 is 5.91 Å². The van der Waals surface area contributed by atoms with Crippen LogP contribution in [-0.4, -0.2) is 42.6 Å². The summed E-state index contributed by atoms with van der Waals surface area (Å²) >= 11 is 0. The topological polar surface area (TPSA) is 41.6 Å². The molecule has 1 aromatic rings. The van der Waals surface area contributed by atoms with Crippen LogP contribution in [0.3, 0.4) is 0 Å². The fraction of sp³-hybridized carbons (Fsp3) is 0.682. The lowest BCUT2D eigenvalue weighted by molar-refractivity contribution is -0.133. The Balaban J connectivity index is 1.83. The number of carbonyl (C=O) groups is 1. The Morgan fingerprint density at radius 1 is 1.23 bits per heavy atom. The maximum Gasteiger partial charge on any atom is 0.222 e. The van der Waals surface area contributed by atoms with Crippen molar-refractivity contribution in [3.8, 4) is 5.75 Å². The van der Waals surface area contributed by atoms with Gasteiger partial charge in [0, 0.05) is 31.6 Å². The van der Waals surface area contributed by atoms with E-state index >= 15 is 0 Å². The molecule has 2 rings (SSSR count). The fourth-order valence-corrected chi connectivity index (χ4v) is 3.32. The summed E-state index contributed by atoms with van der Waals surface area (Å²) in [7, 11) is 0. The number of piperidine rings is 1. The van der Waals surface area contributed by atoms with Crippen LogP contribution in [0.1, 0.15) is 58.9 Å². The van der Waals surface area contributed by atoms with Crippen LogP contribution in [0.2, 0.25) is 0 Å². The summed E-state index contributed by atoms with van der Waals surface area (Å²) in [5, 5.41) is 3.69. The highest BCUT2D eigenvalue weighted by molar-refractivity contribution is 5.76. The van der Waals surface area contributed by atoms with Crippen LogP contribution in [0, 0.1) is 5.92 Å². The summed E-state index contributed by atoms with van der Waals surface area (Å²) in [6, 6.07) is 8.47. The van der Waals surface area contributed by atoms with Crippen LogP contribution in [-0.2, 0) is 11.2 Å². The molecule has 1 fully saturated rings. The number of nitrogens with one attached hydrogen (secondary N) is 1. The van der Waals surface area contributed by atoms with Gasteiger partial charge in [0.1, 0.15) is 5.75 Å². The average molecular weight is 361 g/mol. The number of likely N-dealkylation sites (tertiary alicyclic amines) is 1. The largest absolute Gasteiger partial charge is 0.493 e. The molecule has 1 atom stereocenters. The highest BCUT2D eigenvalue weighted by Crippen LogP contribution is 2.20. The predicted molar refractivity (Wildman–Crippen MR) is 108 cm³/mol. The van der Waals surface area contributed by atoms with Gasteiger partial charge >= 0.3 is 0 Å². The molecule has 1 unspecified atom stereocenters. The summed E-state index contributed by atoms with van der Waals surface area (Å²) in [5.41, 5.74) is 1.35. The third-order valence-corrected chi connectivity index (χ3v) is 5.24. The van der Waals surface area contributed by atoms with Crippen molar-refractivity contribution in [1.29, 1.82) is 0 Å². The Kier molecular flexibility index (Phi) is 7.95. The van der Waals surface area contributed by atoms with Gasteiger partial charge in [-0.05, 0) is 56.2 Å². The van der Waals surface area contributed by atoms with Crippen LogP contribution in [0.5, 0.6) is 5.75 Å². The molecular weight excluding hydrogens is 324 g/mol. The molecule has 0 saturated carbocycles. The predicted octanol–water partition coefficient (Wildman–Crippen LogP) is 4.03. The molecule has 0 bridgehead atoms. The first kappa shape index (κ1) is 20.8. The zero-order valence-electron chi connectivity index (χ0n) is 17.0. The first-order valence-electron chi connectivity index (χ1n) is 10.2.